The predicted molar refractivity (Wildman–Crippen MR) is 97.9 cm³/mol. The van der Waals surface area contributed by atoms with Crippen molar-refractivity contribution in [2.24, 2.45) is 0 Å². The molecular weight excluding hydrogens is 335 g/mol. The van der Waals surface area contributed by atoms with Crippen molar-refractivity contribution >= 4 is 23.2 Å². The third kappa shape index (κ3) is 3.69. The second-order valence-electron chi connectivity index (χ2n) is 6.77. The van der Waals surface area contributed by atoms with Gasteiger partial charge >= 0.3 is 0 Å². The second-order valence-corrected chi connectivity index (χ2v) is 6.77. The van der Waals surface area contributed by atoms with E-state index in [9.17, 15) is 14.0 Å². The quantitative estimate of drug-likeness (QED) is 0.773. The third-order valence-corrected chi connectivity index (χ3v) is 4.43. The molecule has 6 heteroatoms. The van der Waals surface area contributed by atoms with E-state index in [2.05, 4.69) is 10.6 Å². The summed E-state index contributed by atoms with van der Waals surface area (Å²) in [6.07, 6.45) is 0.725. The highest BCUT2D eigenvalue weighted by Gasteiger charge is 2.38. The van der Waals surface area contributed by atoms with Crippen LogP contribution < -0.4 is 15.4 Å². The zero-order chi connectivity index (χ0) is 18.7. The van der Waals surface area contributed by atoms with E-state index in [1.807, 2.05) is 19.9 Å². The fourth-order valence-corrected chi connectivity index (χ4v) is 2.85. The van der Waals surface area contributed by atoms with Crippen LogP contribution in [0.15, 0.2) is 42.5 Å². The average molecular weight is 356 g/mol. The number of nitrogens with one attached hydrogen (secondary N) is 2. The predicted octanol–water partition coefficient (Wildman–Crippen LogP) is 3.85. The van der Waals surface area contributed by atoms with Gasteiger partial charge in [-0.3, -0.25) is 9.59 Å². The summed E-state index contributed by atoms with van der Waals surface area (Å²) >= 11 is 0. The Hall–Kier alpha value is -2.89. The molecule has 0 spiro atoms. The number of anilines is 2. The largest absolute Gasteiger partial charge is 0.491 e. The van der Waals surface area contributed by atoms with Crippen LogP contribution in [-0.4, -0.2) is 18.4 Å². The van der Waals surface area contributed by atoms with Crippen molar-refractivity contribution in [3.63, 3.8) is 0 Å². The van der Waals surface area contributed by atoms with Gasteiger partial charge in [0.2, 0.25) is 11.8 Å². The smallest absolute Gasteiger partial charge is 0.234 e. The first-order chi connectivity index (χ1) is 12.4. The van der Waals surface area contributed by atoms with Gasteiger partial charge in [-0.25, -0.2) is 4.39 Å². The summed E-state index contributed by atoms with van der Waals surface area (Å²) < 4.78 is 18.8. The van der Waals surface area contributed by atoms with Crippen LogP contribution in [0.25, 0.3) is 0 Å². The molecule has 0 saturated carbocycles. The van der Waals surface area contributed by atoms with Crippen molar-refractivity contribution in [2.45, 2.75) is 32.1 Å². The topological polar surface area (TPSA) is 67.4 Å². The Morgan fingerprint density at radius 1 is 1.23 bits per heavy atom. The molecule has 2 aromatic rings. The molecule has 2 amide bonds. The summed E-state index contributed by atoms with van der Waals surface area (Å²) in [6, 6.07) is 11.5. The summed E-state index contributed by atoms with van der Waals surface area (Å²) in [4.78, 5) is 24.1. The molecule has 0 bridgehead atoms. The number of ether oxygens (including phenoxy) is 1. The molecule has 0 aliphatic carbocycles. The first kappa shape index (κ1) is 17.9. The first-order valence-electron chi connectivity index (χ1n) is 8.51. The molecule has 0 saturated heterocycles. The summed E-state index contributed by atoms with van der Waals surface area (Å²) in [5.41, 5.74) is 1.66. The van der Waals surface area contributed by atoms with Gasteiger partial charge in [0.25, 0.3) is 0 Å². The number of halogens is 1. The fourth-order valence-electron chi connectivity index (χ4n) is 2.85. The van der Waals surface area contributed by atoms with Crippen LogP contribution in [0.2, 0.25) is 0 Å². The fraction of sp³-hybridized carbons (Fsp3) is 0.300. The Balaban J connectivity index is 1.51. The van der Waals surface area contributed by atoms with Gasteiger partial charge in [-0.1, -0.05) is 12.1 Å². The molecule has 26 heavy (non-hydrogen) atoms. The highest BCUT2D eigenvalue weighted by atomic mass is 19.1. The van der Waals surface area contributed by atoms with Crippen molar-refractivity contribution in [2.75, 3.05) is 17.2 Å². The summed E-state index contributed by atoms with van der Waals surface area (Å²) in [7, 11) is 0. The van der Waals surface area contributed by atoms with Crippen LogP contribution in [0.3, 0.4) is 0 Å². The van der Waals surface area contributed by atoms with E-state index in [0.717, 1.165) is 11.3 Å². The number of amides is 2. The molecule has 0 aromatic heterocycles. The van der Waals surface area contributed by atoms with E-state index in [0.29, 0.717) is 12.1 Å². The maximum atomic E-state index is 13.4. The van der Waals surface area contributed by atoms with Gasteiger partial charge in [0.15, 0.2) is 11.6 Å². The Kier molecular flexibility index (Phi) is 4.93. The lowest BCUT2D eigenvalue weighted by atomic mass is 9.86. The number of hydrogen-bond acceptors (Lipinski definition) is 3. The van der Waals surface area contributed by atoms with E-state index in [4.69, 9.17) is 4.74 Å². The van der Waals surface area contributed by atoms with Crippen LogP contribution in [0.1, 0.15) is 32.3 Å². The number of fused-ring (bicyclic) bond motifs is 1. The minimum absolute atomic E-state index is 0.0544. The van der Waals surface area contributed by atoms with Crippen molar-refractivity contribution in [3.05, 3.63) is 53.8 Å². The van der Waals surface area contributed by atoms with Gasteiger partial charge in [-0.05, 0) is 56.2 Å². The van der Waals surface area contributed by atoms with Crippen LogP contribution in [0.4, 0.5) is 15.8 Å². The molecule has 1 aliphatic heterocycles. The molecule has 2 N–H and O–H groups in total. The first-order valence-corrected chi connectivity index (χ1v) is 8.51. The van der Waals surface area contributed by atoms with Gasteiger partial charge in [-0.15, -0.1) is 0 Å². The summed E-state index contributed by atoms with van der Waals surface area (Å²) in [5.74, 6) is -0.440. The number of benzene rings is 2. The van der Waals surface area contributed by atoms with Gasteiger partial charge in [0.1, 0.15) is 0 Å². The molecule has 5 nitrogen and oxygen atoms in total. The van der Waals surface area contributed by atoms with Crippen molar-refractivity contribution in [1.82, 2.24) is 0 Å². The number of carbonyl (C=O) groups excluding carboxylic acids is 2. The molecule has 3 rings (SSSR count). The van der Waals surface area contributed by atoms with E-state index >= 15 is 0 Å². The molecule has 0 unspecified atom stereocenters. The second kappa shape index (κ2) is 7.15. The Bertz CT molecular complexity index is 849. The highest BCUT2D eigenvalue weighted by molar-refractivity contribution is 6.06. The normalized spacial score (nSPS) is 14.5. The molecule has 2 aromatic carbocycles. The number of carbonyl (C=O) groups is 2. The number of para-hydroxylation sites is 1. The van der Waals surface area contributed by atoms with Crippen LogP contribution in [-0.2, 0) is 15.0 Å². The molecular formula is C20H21FN2O3. The monoisotopic (exact) mass is 356 g/mol. The molecule has 136 valence electrons. The SMILES string of the molecule is CC1(C)C(=O)Nc2ccc(NC(=O)CCCOc3ccccc3F)cc21. The van der Waals surface area contributed by atoms with E-state index < -0.39 is 11.2 Å². The minimum Gasteiger partial charge on any atom is -0.491 e. The van der Waals surface area contributed by atoms with E-state index in [1.165, 1.54) is 6.07 Å². The zero-order valence-electron chi connectivity index (χ0n) is 14.8. The molecule has 0 radical (unpaired) electrons. The lowest BCUT2D eigenvalue weighted by molar-refractivity contribution is -0.119. The maximum absolute atomic E-state index is 13.4. The average Bonchev–Trinajstić information content (AvgIpc) is 2.83. The molecule has 1 heterocycles. The molecule has 0 atom stereocenters. The van der Waals surface area contributed by atoms with Gasteiger partial charge in [0.05, 0.1) is 12.0 Å². The van der Waals surface area contributed by atoms with Crippen LogP contribution in [0.5, 0.6) is 5.75 Å². The van der Waals surface area contributed by atoms with Crippen molar-refractivity contribution < 1.29 is 18.7 Å². The van der Waals surface area contributed by atoms with Crippen LogP contribution >= 0.6 is 0 Å². The van der Waals surface area contributed by atoms with Gasteiger partial charge < -0.3 is 15.4 Å². The number of hydrogen-bond donors (Lipinski definition) is 2. The lowest BCUT2D eigenvalue weighted by Crippen LogP contribution is -2.26. The Morgan fingerprint density at radius 2 is 2.00 bits per heavy atom. The maximum Gasteiger partial charge on any atom is 0.234 e. The summed E-state index contributed by atoms with van der Waals surface area (Å²) in [5, 5.41) is 5.66. The molecule has 1 aliphatic rings. The van der Waals surface area contributed by atoms with Crippen molar-refractivity contribution in [1.29, 1.82) is 0 Å². The van der Waals surface area contributed by atoms with E-state index in [-0.39, 0.29) is 30.6 Å². The van der Waals surface area contributed by atoms with Gasteiger partial charge in [-0.2, -0.15) is 0 Å². The number of rotatable bonds is 6. The highest BCUT2D eigenvalue weighted by Crippen LogP contribution is 2.38. The van der Waals surface area contributed by atoms with Crippen molar-refractivity contribution in [3.8, 4) is 5.75 Å². The standard InChI is InChI=1S/C20H21FN2O3/c1-20(2)14-12-13(9-10-16(14)23-19(20)25)22-18(24)8-5-11-26-17-7-4-3-6-15(17)21/h3-4,6-7,9-10,12H,5,8,11H2,1-2H3,(H,22,24)(H,23,25). The van der Waals surface area contributed by atoms with E-state index in [1.54, 1.807) is 30.3 Å². The summed E-state index contributed by atoms with van der Waals surface area (Å²) in [6.45, 7) is 3.95. The Labute approximate surface area is 151 Å². The zero-order valence-corrected chi connectivity index (χ0v) is 14.8. The Morgan fingerprint density at radius 3 is 2.77 bits per heavy atom. The minimum atomic E-state index is -0.621. The van der Waals surface area contributed by atoms with Gasteiger partial charge in [0, 0.05) is 17.8 Å². The van der Waals surface area contributed by atoms with Crippen LogP contribution in [0, 0.1) is 5.82 Å². The third-order valence-electron chi connectivity index (χ3n) is 4.43. The lowest BCUT2D eigenvalue weighted by Gasteiger charge is -2.16. The molecule has 0 fully saturated rings.